The second-order valence-electron chi connectivity index (χ2n) is 5.97. The van der Waals surface area contributed by atoms with Gasteiger partial charge in [-0.05, 0) is 36.2 Å². The number of alkyl halides is 8. The van der Waals surface area contributed by atoms with Gasteiger partial charge in [-0.3, -0.25) is 4.79 Å². The van der Waals surface area contributed by atoms with Gasteiger partial charge in [-0.2, -0.15) is 26.3 Å². The van der Waals surface area contributed by atoms with E-state index >= 15 is 0 Å². The van der Waals surface area contributed by atoms with E-state index in [9.17, 15) is 35.5 Å². The summed E-state index contributed by atoms with van der Waals surface area (Å²) in [7, 11) is 0. The maximum Gasteiger partial charge on any atom is 0.435 e. The molecule has 0 fully saturated rings. The van der Waals surface area contributed by atoms with Crippen LogP contribution >= 0.6 is 11.6 Å². The quantitative estimate of drug-likeness (QED) is 0.452. The Morgan fingerprint density at radius 2 is 1.57 bits per heavy atom. The fraction of sp³-hybridized carbons (Fsp3) is 0.278. The molecule has 28 heavy (non-hydrogen) atoms. The van der Waals surface area contributed by atoms with Gasteiger partial charge in [0.1, 0.15) is 0 Å². The fourth-order valence-electron chi connectivity index (χ4n) is 2.50. The van der Waals surface area contributed by atoms with E-state index in [0.717, 1.165) is 13.0 Å². The summed E-state index contributed by atoms with van der Waals surface area (Å²) in [5.74, 6) is -0.511. The zero-order valence-corrected chi connectivity index (χ0v) is 14.9. The van der Waals surface area contributed by atoms with Crippen molar-refractivity contribution in [3.8, 4) is 0 Å². The first kappa shape index (κ1) is 22.0. The van der Waals surface area contributed by atoms with Crippen LogP contribution in [0.1, 0.15) is 27.0 Å². The summed E-state index contributed by atoms with van der Waals surface area (Å²) in [4.78, 5) is 12.2. The molecule has 0 radical (unpaired) electrons. The molecule has 1 N–H and O–H groups in total. The molecule has 0 aromatic heterocycles. The predicted molar refractivity (Wildman–Crippen MR) is 90.0 cm³/mol. The van der Waals surface area contributed by atoms with Crippen molar-refractivity contribution >= 4 is 23.2 Å². The number of benzene rings is 2. The van der Waals surface area contributed by atoms with Crippen LogP contribution in [0.4, 0.5) is 36.4 Å². The summed E-state index contributed by atoms with van der Waals surface area (Å²) >= 11 is 5.67. The molecule has 0 heterocycles. The summed E-state index contributed by atoms with van der Waals surface area (Å²) in [6.45, 7) is 1.15. The van der Waals surface area contributed by atoms with Gasteiger partial charge in [0.2, 0.25) is 0 Å². The molecule has 2 aromatic carbocycles. The van der Waals surface area contributed by atoms with Gasteiger partial charge >= 0.3 is 18.0 Å². The van der Waals surface area contributed by atoms with Gasteiger partial charge in [0, 0.05) is 22.7 Å². The number of anilines is 1. The average Bonchev–Trinajstić information content (AvgIpc) is 2.60. The number of halogens is 8. The number of carbonyl (C=O) groups excluding carboxylic acids is 1. The van der Waals surface area contributed by atoms with Crippen LogP contribution in [0.25, 0.3) is 0 Å². The molecule has 0 bridgehead atoms. The molecule has 0 saturated heterocycles. The van der Waals surface area contributed by atoms with E-state index in [-0.39, 0.29) is 22.7 Å². The average molecular weight is 428 g/mol. The summed E-state index contributed by atoms with van der Waals surface area (Å²) in [5.41, 5.74) is -6.55. The standard InChI is InChI=1S/C18H13ClF7NO/c1-10-7-13(16(20,17(21,22)23)18(24,25)26)5-6-14(10)27-15(28)12-4-2-3-11(8-12)9-19/h2-8H,9H2,1H3,(H,27,28). The lowest BCUT2D eigenvalue weighted by molar-refractivity contribution is -0.348. The van der Waals surface area contributed by atoms with Crippen molar-refractivity contribution in [3.05, 3.63) is 64.7 Å². The van der Waals surface area contributed by atoms with Crippen molar-refractivity contribution in [1.82, 2.24) is 0 Å². The molecule has 0 aliphatic carbocycles. The Morgan fingerprint density at radius 1 is 0.964 bits per heavy atom. The smallest absolute Gasteiger partial charge is 0.322 e. The van der Waals surface area contributed by atoms with E-state index < -0.39 is 29.5 Å². The molecular formula is C18H13ClF7NO. The van der Waals surface area contributed by atoms with Gasteiger partial charge in [0.25, 0.3) is 5.91 Å². The highest BCUT2D eigenvalue weighted by atomic mass is 35.5. The van der Waals surface area contributed by atoms with Crippen molar-refractivity contribution < 1.29 is 35.5 Å². The Labute approximate surface area is 160 Å². The van der Waals surface area contributed by atoms with Gasteiger partial charge in [0.05, 0.1) is 0 Å². The van der Waals surface area contributed by atoms with E-state index in [4.69, 9.17) is 11.6 Å². The Kier molecular flexibility index (Phi) is 5.98. The largest absolute Gasteiger partial charge is 0.435 e. The van der Waals surface area contributed by atoms with Crippen LogP contribution in [-0.2, 0) is 11.5 Å². The third-order valence-corrected chi connectivity index (χ3v) is 4.31. The van der Waals surface area contributed by atoms with E-state index in [1.54, 1.807) is 12.1 Å². The molecule has 0 atom stereocenters. The van der Waals surface area contributed by atoms with Crippen molar-refractivity contribution in [2.24, 2.45) is 0 Å². The van der Waals surface area contributed by atoms with Crippen molar-refractivity contribution in [2.75, 3.05) is 5.32 Å². The monoisotopic (exact) mass is 427 g/mol. The molecule has 10 heteroatoms. The van der Waals surface area contributed by atoms with E-state index in [0.29, 0.717) is 17.7 Å². The van der Waals surface area contributed by atoms with Gasteiger partial charge in [0.15, 0.2) is 0 Å². The minimum Gasteiger partial charge on any atom is -0.322 e. The summed E-state index contributed by atoms with van der Waals surface area (Å²) < 4.78 is 91.2. The van der Waals surface area contributed by atoms with Crippen LogP contribution in [0.2, 0.25) is 0 Å². The lowest BCUT2D eigenvalue weighted by atomic mass is 9.92. The molecule has 0 aliphatic heterocycles. The first-order chi connectivity index (χ1) is 12.8. The molecule has 152 valence electrons. The maximum atomic E-state index is 14.1. The molecule has 0 unspecified atom stereocenters. The molecule has 0 saturated carbocycles. The minimum atomic E-state index is -6.20. The SMILES string of the molecule is Cc1cc(C(F)(C(F)(F)F)C(F)(F)F)ccc1NC(=O)c1cccc(CCl)c1. The Morgan fingerprint density at radius 3 is 2.07 bits per heavy atom. The second kappa shape index (κ2) is 7.62. The Hall–Kier alpha value is -2.29. The Balaban J connectivity index is 2.37. The van der Waals surface area contributed by atoms with Crippen LogP contribution in [0.15, 0.2) is 42.5 Å². The highest BCUT2D eigenvalue weighted by molar-refractivity contribution is 6.17. The summed E-state index contributed by atoms with van der Waals surface area (Å²) in [5, 5.41) is 2.37. The number of amides is 1. The first-order valence-electron chi connectivity index (χ1n) is 7.71. The van der Waals surface area contributed by atoms with Gasteiger partial charge in [-0.25, -0.2) is 4.39 Å². The third kappa shape index (κ3) is 4.09. The zero-order valence-electron chi connectivity index (χ0n) is 14.2. The van der Waals surface area contributed by atoms with E-state index in [2.05, 4.69) is 5.32 Å². The van der Waals surface area contributed by atoms with Crippen LogP contribution < -0.4 is 5.32 Å². The van der Waals surface area contributed by atoms with Gasteiger partial charge in [-0.1, -0.05) is 24.3 Å². The minimum absolute atomic E-state index is 0.0586. The number of carbonyl (C=O) groups is 1. The second-order valence-corrected chi connectivity index (χ2v) is 6.24. The number of hydrogen-bond acceptors (Lipinski definition) is 1. The van der Waals surface area contributed by atoms with E-state index in [1.807, 2.05) is 0 Å². The molecule has 2 aromatic rings. The highest BCUT2D eigenvalue weighted by Crippen LogP contribution is 2.53. The normalized spacial score (nSPS) is 12.8. The maximum absolute atomic E-state index is 14.1. The first-order valence-corrected chi connectivity index (χ1v) is 8.24. The van der Waals surface area contributed by atoms with Crippen LogP contribution in [0, 0.1) is 6.92 Å². The third-order valence-electron chi connectivity index (χ3n) is 4.00. The lowest BCUT2D eigenvalue weighted by Crippen LogP contribution is -2.50. The summed E-state index contributed by atoms with van der Waals surface area (Å²) in [6, 6.07) is 7.71. The number of rotatable bonds is 4. The molecule has 0 spiro atoms. The summed E-state index contributed by atoms with van der Waals surface area (Å²) in [6.07, 6.45) is -12.4. The van der Waals surface area contributed by atoms with Crippen LogP contribution in [0.3, 0.4) is 0 Å². The number of aryl methyl sites for hydroxylation is 1. The molecule has 0 aliphatic rings. The number of nitrogens with one attached hydrogen (secondary N) is 1. The predicted octanol–water partition coefficient (Wildman–Crippen LogP) is 6.28. The molecular weight excluding hydrogens is 415 g/mol. The van der Waals surface area contributed by atoms with Gasteiger partial charge in [-0.15, -0.1) is 11.6 Å². The number of hydrogen-bond donors (Lipinski definition) is 1. The molecule has 1 amide bonds. The Bertz CT molecular complexity index is 863. The highest BCUT2D eigenvalue weighted by Gasteiger charge is 2.73. The van der Waals surface area contributed by atoms with Crippen LogP contribution in [-0.4, -0.2) is 18.3 Å². The lowest BCUT2D eigenvalue weighted by Gasteiger charge is -2.30. The van der Waals surface area contributed by atoms with Crippen molar-refractivity contribution in [3.63, 3.8) is 0 Å². The van der Waals surface area contributed by atoms with Crippen molar-refractivity contribution in [1.29, 1.82) is 0 Å². The fourth-order valence-corrected chi connectivity index (χ4v) is 2.66. The van der Waals surface area contributed by atoms with Crippen molar-refractivity contribution in [2.45, 2.75) is 30.8 Å². The van der Waals surface area contributed by atoms with E-state index in [1.165, 1.54) is 12.1 Å². The van der Waals surface area contributed by atoms with Crippen LogP contribution in [0.5, 0.6) is 0 Å². The zero-order chi connectivity index (χ0) is 21.3. The topological polar surface area (TPSA) is 29.1 Å². The molecule has 2 rings (SSSR count). The van der Waals surface area contributed by atoms with Gasteiger partial charge < -0.3 is 5.32 Å². The molecule has 2 nitrogen and oxygen atoms in total.